The Labute approximate surface area is 82.5 Å². The van der Waals surface area contributed by atoms with Crippen molar-refractivity contribution < 1.29 is 14.6 Å². The van der Waals surface area contributed by atoms with Gasteiger partial charge in [0.2, 0.25) is 0 Å². The van der Waals surface area contributed by atoms with E-state index in [2.05, 4.69) is 9.72 Å². The molecule has 1 rings (SSSR count). The van der Waals surface area contributed by atoms with Gasteiger partial charge >= 0.3 is 5.97 Å². The molecule has 0 fully saturated rings. The number of aryl methyl sites for hydroxylation is 1. The Kier molecular flexibility index (Phi) is 3.45. The summed E-state index contributed by atoms with van der Waals surface area (Å²) in [6.45, 7) is 1.98. The highest BCUT2D eigenvalue weighted by atomic mass is 16.5. The number of carbonyl (C=O) groups excluding carboxylic acids is 1. The number of pyridine rings is 1. The van der Waals surface area contributed by atoms with Crippen molar-refractivity contribution in [3.8, 4) is 5.75 Å². The van der Waals surface area contributed by atoms with Crippen molar-refractivity contribution in [3.63, 3.8) is 0 Å². The first-order valence-corrected chi connectivity index (χ1v) is 4.46. The number of carbonyl (C=O) groups is 1. The molecule has 14 heavy (non-hydrogen) atoms. The predicted octanol–water partition coefficient (Wildman–Crippen LogP) is 1.53. The molecule has 0 aliphatic heterocycles. The van der Waals surface area contributed by atoms with Gasteiger partial charge in [0, 0.05) is 0 Å². The Morgan fingerprint density at radius 2 is 2.29 bits per heavy atom. The predicted molar refractivity (Wildman–Crippen MR) is 51.2 cm³/mol. The molecule has 0 radical (unpaired) electrons. The summed E-state index contributed by atoms with van der Waals surface area (Å²) < 4.78 is 4.53. The fourth-order valence-electron chi connectivity index (χ4n) is 1.13. The number of hydrogen-bond donors (Lipinski definition) is 1. The zero-order valence-corrected chi connectivity index (χ0v) is 8.28. The van der Waals surface area contributed by atoms with E-state index < -0.39 is 5.97 Å². The van der Waals surface area contributed by atoms with E-state index in [0.29, 0.717) is 12.1 Å². The molecular weight excluding hydrogens is 182 g/mol. The Hall–Kier alpha value is -1.58. The number of methoxy groups -OCH3 is 1. The highest BCUT2D eigenvalue weighted by Crippen LogP contribution is 2.16. The molecule has 0 aromatic carbocycles. The zero-order chi connectivity index (χ0) is 10.6. The maximum Gasteiger partial charge on any atom is 0.356 e. The van der Waals surface area contributed by atoms with Gasteiger partial charge in [0.25, 0.3) is 0 Å². The first kappa shape index (κ1) is 10.5. The van der Waals surface area contributed by atoms with Crippen molar-refractivity contribution >= 4 is 5.97 Å². The first-order chi connectivity index (χ1) is 6.69. The molecule has 0 bridgehead atoms. The molecule has 4 nitrogen and oxygen atoms in total. The van der Waals surface area contributed by atoms with E-state index in [1.807, 2.05) is 6.92 Å². The summed E-state index contributed by atoms with van der Waals surface area (Å²) in [4.78, 5) is 15.1. The number of aromatic nitrogens is 1. The SMILES string of the molecule is CCCc1nc(C(=O)OC)ccc1O. The van der Waals surface area contributed by atoms with E-state index in [-0.39, 0.29) is 11.4 Å². The minimum Gasteiger partial charge on any atom is -0.506 e. The highest BCUT2D eigenvalue weighted by Gasteiger charge is 2.10. The molecule has 76 valence electrons. The number of nitrogens with zero attached hydrogens (tertiary/aromatic N) is 1. The summed E-state index contributed by atoms with van der Waals surface area (Å²) in [5, 5.41) is 9.41. The summed E-state index contributed by atoms with van der Waals surface area (Å²) >= 11 is 0. The van der Waals surface area contributed by atoms with Gasteiger partial charge in [-0.2, -0.15) is 0 Å². The van der Waals surface area contributed by atoms with Gasteiger partial charge in [-0.25, -0.2) is 9.78 Å². The Morgan fingerprint density at radius 1 is 1.57 bits per heavy atom. The summed E-state index contributed by atoms with van der Waals surface area (Å²) in [5.41, 5.74) is 0.768. The molecule has 0 saturated heterocycles. The van der Waals surface area contributed by atoms with Gasteiger partial charge in [-0.15, -0.1) is 0 Å². The standard InChI is InChI=1S/C10H13NO3/c1-3-4-7-9(12)6-5-8(11-7)10(13)14-2/h5-6,12H,3-4H2,1-2H3. The molecule has 1 heterocycles. The molecule has 0 atom stereocenters. The number of hydrogen-bond acceptors (Lipinski definition) is 4. The second kappa shape index (κ2) is 4.60. The summed E-state index contributed by atoms with van der Waals surface area (Å²) in [7, 11) is 1.30. The van der Waals surface area contributed by atoms with Crippen molar-refractivity contribution in [1.29, 1.82) is 0 Å². The van der Waals surface area contributed by atoms with E-state index in [4.69, 9.17) is 0 Å². The van der Waals surface area contributed by atoms with Crippen molar-refractivity contribution in [1.82, 2.24) is 4.98 Å². The Morgan fingerprint density at radius 3 is 2.86 bits per heavy atom. The smallest absolute Gasteiger partial charge is 0.356 e. The Balaban J connectivity index is 2.99. The van der Waals surface area contributed by atoms with Crippen molar-refractivity contribution in [2.24, 2.45) is 0 Å². The van der Waals surface area contributed by atoms with Crippen LogP contribution < -0.4 is 0 Å². The van der Waals surface area contributed by atoms with Crippen LogP contribution >= 0.6 is 0 Å². The van der Waals surface area contributed by atoms with Crippen molar-refractivity contribution in [2.75, 3.05) is 7.11 Å². The summed E-state index contributed by atoms with van der Waals surface area (Å²) in [6.07, 6.45) is 1.52. The lowest BCUT2D eigenvalue weighted by Crippen LogP contribution is -2.05. The second-order valence-electron chi connectivity index (χ2n) is 2.90. The minimum atomic E-state index is -0.484. The highest BCUT2D eigenvalue weighted by molar-refractivity contribution is 5.87. The topological polar surface area (TPSA) is 59.4 Å². The molecule has 0 spiro atoms. The van der Waals surface area contributed by atoms with Gasteiger partial charge < -0.3 is 9.84 Å². The molecule has 0 saturated carbocycles. The van der Waals surface area contributed by atoms with E-state index in [1.54, 1.807) is 0 Å². The van der Waals surface area contributed by atoms with Crippen molar-refractivity contribution in [2.45, 2.75) is 19.8 Å². The third kappa shape index (κ3) is 2.22. The van der Waals surface area contributed by atoms with Crippen LogP contribution in [0, 0.1) is 0 Å². The maximum atomic E-state index is 11.1. The van der Waals surface area contributed by atoms with Gasteiger partial charge in [0.1, 0.15) is 11.4 Å². The van der Waals surface area contributed by atoms with Crippen molar-refractivity contribution in [3.05, 3.63) is 23.5 Å². The summed E-state index contributed by atoms with van der Waals surface area (Å²) in [6, 6.07) is 2.91. The average Bonchev–Trinajstić information content (AvgIpc) is 2.20. The lowest BCUT2D eigenvalue weighted by atomic mass is 10.2. The molecule has 0 unspecified atom stereocenters. The largest absolute Gasteiger partial charge is 0.506 e. The first-order valence-electron chi connectivity index (χ1n) is 4.46. The number of aromatic hydroxyl groups is 1. The third-order valence-electron chi connectivity index (χ3n) is 1.83. The van der Waals surface area contributed by atoms with E-state index in [1.165, 1.54) is 19.2 Å². The van der Waals surface area contributed by atoms with E-state index in [0.717, 1.165) is 6.42 Å². The van der Waals surface area contributed by atoms with E-state index >= 15 is 0 Å². The van der Waals surface area contributed by atoms with Crippen LogP contribution in [0.3, 0.4) is 0 Å². The minimum absolute atomic E-state index is 0.125. The number of rotatable bonds is 3. The fraction of sp³-hybridized carbons (Fsp3) is 0.400. The number of ether oxygens (including phenoxy) is 1. The van der Waals surface area contributed by atoms with Gasteiger partial charge in [-0.05, 0) is 18.6 Å². The molecule has 1 aromatic rings. The molecule has 0 amide bonds. The molecule has 0 aliphatic carbocycles. The lowest BCUT2D eigenvalue weighted by Gasteiger charge is -2.04. The van der Waals surface area contributed by atoms with Crippen LogP contribution in [0.25, 0.3) is 0 Å². The van der Waals surface area contributed by atoms with Crippen LogP contribution in [0.5, 0.6) is 5.75 Å². The second-order valence-corrected chi connectivity index (χ2v) is 2.90. The fourth-order valence-corrected chi connectivity index (χ4v) is 1.13. The monoisotopic (exact) mass is 195 g/mol. The van der Waals surface area contributed by atoms with Gasteiger partial charge in [0.05, 0.1) is 12.8 Å². The third-order valence-corrected chi connectivity index (χ3v) is 1.83. The van der Waals surface area contributed by atoms with Gasteiger partial charge in [-0.1, -0.05) is 13.3 Å². The molecule has 4 heteroatoms. The Bertz CT molecular complexity index is 336. The van der Waals surface area contributed by atoms with E-state index in [9.17, 15) is 9.90 Å². The van der Waals surface area contributed by atoms with Crippen LogP contribution in [0.15, 0.2) is 12.1 Å². The zero-order valence-electron chi connectivity index (χ0n) is 8.28. The van der Waals surface area contributed by atoms with Gasteiger partial charge in [-0.3, -0.25) is 0 Å². The normalized spacial score (nSPS) is 9.86. The van der Waals surface area contributed by atoms with Crippen LogP contribution in [0.2, 0.25) is 0 Å². The summed E-state index contributed by atoms with van der Waals surface area (Å²) in [5.74, 6) is -0.359. The van der Waals surface area contributed by atoms with Crippen LogP contribution in [-0.4, -0.2) is 23.2 Å². The molecule has 0 aliphatic rings. The quantitative estimate of drug-likeness (QED) is 0.743. The molecule has 1 N–H and O–H groups in total. The van der Waals surface area contributed by atoms with Crippen LogP contribution in [0.1, 0.15) is 29.5 Å². The van der Waals surface area contributed by atoms with Crippen LogP contribution in [0.4, 0.5) is 0 Å². The lowest BCUT2D eigenvalue weighted by molar-refractivity contribution is 0.0593. The van der Waals surface area contributed by atoms with Gasteiger partial charge in [0.15, 0.2) is 0 Å². The molecule has 1 aromatic heterocycles. The maximum absolute atomic E-state index is 11.1. The number of esters is 1. The molecular formula is C10H13NO3. The average molecular weight is 195 g/mol. The van der Waals surface area contributed by atoms with Crippen LogP contribution in [-0.2, 0) is 11.2 Å².